The van der Waals surface area contributed by atoms with Crippen LogP contribution < -0.4 is 4.74 Å². The number of aromatic nitrogens is 1. The average molecular weight is 235 g/mol. The highest BCUT2D eigenvalue weighted by atomic mass is 32.1. The molecule has 0 aliphatic heterocycles. The average Bonchev–Trinajstić information content (AvgIpc) is 2.60. The second-order valence-electron chi connectivity index (χ2n) is 3.68. The minimum atomic E-state index is 0.227. The highest BCUT2D eigenvalue weighted by Crippen LogP contribution is 2.22. The van der Waals surface area contributed by atoms with Crippen LogP contribution in [0.3, 0.4) is 0 Å². The summed E-state index contributed by atoms with van der Waals surface area (Å²) in [5, 5.41) is 12.3. The molecular weight excluding hydrogens is 222 g/mol. The lowest BCUT2D eigenvalue weighted by Gasteiger charge is -2.05. The van der Waals surface area contributed by atoms with Crippen LogP contribution in [-0.4, -0.2) is 10.1 Å². The third-order valence-corrected chi connectivity index (χ3v) is 3.00. The Labute approximate surface area is 98.4 Å². The first-order chi connectivity index (χ1) is 7.63. The topological polar surface area (TPSA) is 42.4 Å². The first-order valence-corrected chi connectivity index (χ1v) is 5.86. The van der Waals surface area contributed by atoms with E-state index in [1.165, 1.54) is 0 Å². The molecule has 1 aromatic heterocycles. The highest BCUT2D eigenvalue weighted by Gasteiger charge is 2.02. The van der Waals surface area contributed by atoms with Gasteiger partial charge in [0.2, 0.25) is 0 Å². The lowest BCUT2D eigenvalue weighted by Crippen LogP contribution is -1.95. The number of aromatic hydroxyl groups is 1. The number of hydrogen-bond donors (Lipinski definition) is 1. The summed E-state index contributed by atoms with van der Waals surface area (Å²) < 4.78 is 5.55. The van der Waals surface area contributed by atoms with E-state index in [0.717, 1.165) is 16.3 Å². The number of ether oxygens (including phenoxy) is 1. The van der Waals surface area contributed by atoms with Gasteiger partial charge in [0.05, 0.1) is 0 Å². The van der Waals surface area contributed by atoms with E-state index in [1.54, 1.807) is 23.5 Å². The molecule has 3 nitrogen and oxygen atoms in total. The molecule has 84 valence electrons. The van der Waals surface area contributed by atoms with Gasteiger partial charge >= 0.3 is 0 Å². The summed E-state index contributed by atoms with van der Waals surface area (Å²) in [6.45, 7) is 4.32. The van der Waals surface area contributed by atoms with Gasteiger partial charge in [-0.3, -0.25) is 0 Å². The van der Waals surface area contributed by atoms with Crippen LogP contribution in [0.1, 0.15) is 16.3 Å². The zero-order chi connectivity index (χ0) is 11.5. The van der Waals surface area contributed by atoms with Crippen LogP contribution in [0, 0.1) is 13.8 Å². The van der Waals surface area contributed by atoms with Gasteiger partial charge in [-0.25, -0.2) is 4.98 Å². The second-order valence-corrected chi connectivity index (χ2v) is 4.62. The first-order valence-electron chi connectivity index (χ1n) is 4.98. The minimum absolute atomic E-state index is 0.227. The Kier molecular flexibility index (Phi) is 3.10. The fourth-order valence-electron chi connectivity index (χ4n) is 1.43. The van der Waals surface area contributed by atoms with Crippen molar-refractivity contribution < 1.29 is 9.84 Å². The van der Waals surface area contributed by atoms with Gasteiger partial charge in [-0.15, -0.1) is 11.3 Å². The minimum Gasteiger partial charge on any atom is -0.508 e. The molecule has 0 spiro atoms. The Hall–Kier alpha value is -1.55. The summed E-state index contributed by atoms with van der Waals surface area (Å²) in [7, 11) is 0. The summed E-state index contributed by atoms with van der Waals surface area (Å²) in [5.41, 5.74) is 1.99. The zero-order valence-electron chi connectivity index (χ0n) is 9.23. The molecule has 16 heavy (non-hydrogen) atoms. The van der Waals surface area contributed by atoms with Crippen molar-refractivity contribution in [3.63, 3.8) is 0 Å². The number of rotatable bonds is 3. The molecule has 1 N–H and O–H groups in total. The van der Waals surface area contributed by atoms with Gasteiger partial charge in [0.1, 0.15) is 23.1 Å². The number of phenolic OH excluding ortho intramolecular Hbond substituents is 1. The van der Waals surface area contributed by atoms with Crippen LogP contribution in [0.2, 0.25) is 0 Å². The maximum Gasteiger partial charge on any atom is 0.140 e. The molecule has 0 unspecified atom stereocenters. The van der Waals surface area contributed by atoms with Gasteiger partial charge in [-0.05, 0) is 31.5 Å². The molecule has 2 aromatic rings. The molecule has 0 fully saturated rings. The quantitative estimate of drug-likeness (QED) is 0.889. The number of nitrogens with zero attached hydrogens (tertiary/aromatic N) is 1. The van der Waals surface area contributed by atoms with Gasteiger partial charge < -0.3 is 9.84 Å². The summed E-state index contributed by atoms with van der Waals surface area (Å²) in [6, 6.07) is 5.19. The highest BCUT2D eigenvalue weighted by molar-refractivity contribution is 7.09. The van der Waals surface area contributed by atoms with Crippen molar-refractivity contribution >= 4 is 11.3 Å². The van der Waals surface area contributed by atoms with Crippen molar-refractivity contribution in [3.05, 3.63) is 39.8 Å². The van der Waals surface area contributed by atoms with Crippen molar-refractivity contribution in [2.45, 2.75) is 20.5 Å². The van der Waals surface area contributed by atoms with E-state index in [1.807, 2.05) is 25.3 Å². The monoisotopic (exact) mass is 235 g/mol. The van der Waals surface area contributed by atoms with Gasteiger partial charge in [0, 0.05) is 17.1 Å². The molecular formula is C12H13NO2S. The standard InChI is InChI=1S/C12H13NO2S/c1-8-3-10(14)5-11(4-8)15-6-12-13-9(2)7-16-12/h3-5,7,14H,6H2,1-2H3. The van der Waals surface area contributed by atoms with Crippen molar-refractivity contribution in [2.24, 2.45) is 0 Å². The first kappa shape index (κ1) is 11.0. The molecule has 0 radical (unpaired) electrons. The number of benzene rings is 1. The number of hydrogen-bond acceptors (Lipinski definition) is 4. The summed E-state index contributed by atoms with van der Waals surface area (Å²) in [5.74, 6) is 0.899. The smallest absolute Gasteiger partial charge is 0.140 e. The molecule has 0 bridgehead atoms. The van der Waals surface area contributed by atoms with Crippen LogP contribution in [0.4, 0.5) is 0 Å². The normalized spacial score (nSPS) is 10.4. The predicted molar refractivity (Wildman–Crippen MR) is 64.0 cm³/mol. The van der Waals surface area contributed by atoms with E-state index in [9.17, 15) is 5.11 Å². The Bertz CT molecular complexity index is 473. The Morgan fingerprint density at radius 1 is 1.31 bits per heavy atom. The predicted octanol–water partition coefficient (Wildman–Crippen LogP) is 3.04. The van der Waals surface area contributed by atoms with Crippen LogP contribution in [0.5, 0.6) is 11.5 Å². The summed E-state index contributed by atoms with van der Waals surface area (Å²) in [6.07, 6.45) is 0. The zero-order valence-corrected chi connectivity index (χ0v) is 10.0. The summed E-state index contributed by atoms with van der Waals surface area (Å²) in [4.78, 5) is 4.30. The van der Waals surface area contributed by atoms with Crippen molar-refractivity contribution in [3.8, 4) is 11.5 Å². The molecule has 4 heteroatoms. The Balaban J connectivity index is 2.04. The molecule has 1 heterocycles. The number of aryl methyl sites for hydroxylation is 2. The van der Waals surface area contributed by atoms with E-state index in [4.69, 9.17) is 4.74 Å². The van der Waals surface area contributed by atoms with E-state index in [2.05, 4.69) is 4.98 Å². The molecule has 0 atom stereocenters. The van der Waals surface area contributed by atoms with E-state index in [-0.39, 0.29) is 5.75 Å². The molecule has 0 aliphatic rings. The van der Waals surface area contributed by atoms with Crippen LogP contribution in [-0.2, 0) is 6.61 Å². The summed E-state index contributed by atoms with van der Waals surface area (Å²) >= 11 is 1.58. The fraction of sp³-hybridized carbons (Fsp3) is 0.250. The molecule has 1 aromatic carbocycles. The van der Waals surface area contributed by atoms with Crippen LogP contribution in [0.25, 0.3) is 0 Å². The molecule has 0 amide bonds. The molecule has 2 rings (SSSR count). The van der Waals surface area contributed by atoms with E-state index in [0.29, 0.717) is 12.4 Å². The second kappa shape index (κ2) is 4.53. The maximum absolute atomic E-state index is 9.40. The van der Waals surface area contributed by atoms with E-state index >= 15 is 0 Å². The maximum atomic E-state index is 9.40. The largest absolute Gasteiger partial charge is 0.508 e. The van der Waals surface area contributed by atoms with Crippen LogP contribution >= 0.6 is 11.3 Å². The van der Waals surface area contributed by atoms with Crippen LogP contribution in [0.15, 0.2) is 23.6 Å². The molecule has 0 saturated heterocycles. The van der Waals surface area contributed by atoms with Gasteiger partial charge in [-0.2, -0.15) is 0 Å². The SMILES string of the molecule is Cc1cc(O)cc(OCc2nc(C)cs2)c1. The third kappa shape index (κ3) is 2.73. The number of phenols is 1. The fourth-order valence-corrected chi connectivity index (χ4v) is 2.11. The van der Waals surface area contributed by atoms with Crippen molar-refractivity contribution in [1.82, 2.24) is 4.98 Å². The lowest BCUT2D eigenvalue weighted by molar-refractivity contribution is 0.303. The van der Waals surface area contributed by atoms with E-state index < -0.39 is 0 Å². The van der Waals surface area contributed by atoms with Gasteiger partial charge in [0.25, 0.3) is 0 Å². The van der Waals surface area contributed by atoms with Crippen molar-refractivity contribution in [2.75, 3.05) is 0 Å². The van der Waals surface area contributed by atoms with Crippen molar-refractivity contribution in [1.29, 1.82) is 0 Å². The third-order valence-electron chi connectivity index (χ3n) is 2.06. The number of thiazole rings is 1. The van der Waals surface area contributed by atoms with Gasteiger partial charge in [-0.1, -0.05) is 0 Å². The molecule has 0 aliphatic carbocycles. The lowest BCUT2D eigenvalue weighted by atomic mass is 10.2. The Morgan fingerprint density at radius 2 is 2.12 bits per heavy atom. The van der Waals surface area contributed by atoms with Gasteiger partial charge in [0.15, 0.2) is 0 Å². The Morgan fingerprint density at radius 3 is 2.75 bits per heavy atom. The molecule has 0 saturated carbocycles.